The Morgan fingerprint density at radius 1 is 1.11 bits per heavy atom. The molecule has 0 saturated heterocycles. The number of benzene rings is 1. The zero-order chi connectivity index (χ0) is 13.9. The first-order chi connectivity index (χ1) is 9.33. The van der Waals surface area contributed by atoms with Crippen molar-refractivity contribution in [3.05, 3.63) is 29.8 Å². The molecule has 0 heterocycles. The second-order valence-electron chi connectivity index (χ2n) is 5.06. The molecular formula is C17H26O2. The number of rotatable bonds is 10. The smallest absolute Gasteiger partial charge is 0.298 e. The highest BCUT2D eigenvalue weighted by molar-refractivity contribution is 5.48. The minimum absolute atomic E-state index is 0.498. The summed E-state index contributed by atoms with van der Waals surface area (Å²) in [7, 11) is 0. The van der Waals surface area contributed by atoms with Crippen molar-refractivity contribution in [3.63, 3.8) is 0 Å². The molecule has 0 aromatic heterocycles. The standard InChI is InChI=1S/C17H26O2/c1-3-5-6-7-8-11-15(4-2)16-12-9-10-13-17(16)19-14-18/h9-10,12-15H,3-8,11H2,1-2H3. The molecule has 2 nitrogen and oxygen atoms in total. The molecule has 0 saturated carbocycles. The Bertz CT molecular complexity index is 360. The average molecular weight is 262 g/mol. The van der Waals surface area contributed by atoms with Gasteiger partial charge in [-0.2, -0.15) is 0 Å². The lowest BCUT2D eigenvalue weighted by atomic mass is 9.90. The Labute approximate surface area is 117 Å². The predicted molar refractivity (Wildman–Crippen MR) is 79.5 cm³/mol. The molecule has 19 heavy (non-hydrogen) atoms. The maximum atomic E-state index is 10.5. The molecule has 0 fully saturated rings. The van der Waals surface area contributed by atoms with E-state index in [2.05, 4.69) is 19.9 Å². The van der Waals surface area contributed by atoms with Gasteiger partial charge in [0.2, 0.25) is 0 Å². The molecule has 0 amide bonds. The number of carbonyl (C=O) groups excluding carboxylic acids is 1. The van der Waals surface area contributed by atoms with Crippen LogP contribution in [-0.2, 0) is 4.79 Å². The normalized spacial score (nSPS) is 12.1. The highest BCUT2D eigenvalue weighted by atomic mass is 16.5. The first-order valence-electron chi connectivity index (χ1n) is 7.52. The molecular weight excluding hydrogens is 236 g/mol. The van der Waals surface area contributed by atoms with Crippen LogP contribution in [0.4, 0.5) is 0 Å². The van der Waals surface area contributed by atoms with Crippen molar-refractivity contribution < 1.29 is 9.53 Å². The molecule has 0 aliphatic heterocycles. The predicted octanol–water partition coefficient (Wildman–Crippen LogP) is 5.08. The molecule has 0 aliphatic rings. The van der Waals surface area contributed by atoms with E-state index >= 15 is 0 Å². The van der Waals surface area contributed by atoms with E-state index in [1.165, 1.54) is 44.1 Å². The second kappa shape index (κ2) is 9.60. The van der Waals surface area contributed by atoms with Crippen LogP contribution < -0.4 is 4.74 Å². The molecule has 0 bridgehead atoms. The summed E-state index contributed by atoms with van der Waals surface area (Å²) in [5.41, 5.74) is 1.17. The fourth-order valence-corrected chi connectivity index (χ4v) is 2.55. The van der Waals surface area contributed by atoms with Crippen molar-refractivity contribution in [1.29, 1.82) is 0 Å². The van der Waals surface area contributed by atoms with Gasteiger partial charge in [0.25, 0.3) is 6.47 Å². The van der Waals surface area contributed by atoms with E-state index in [9.17, 15) is 4.79 Å². The molecule has 0 aliphatic carbocycles. The Balaban J connectivity index is 2.56. The fraction of sp³-hybridized carbons (Fsp3) is 0.588. The Hall–Kier alpha value is -1.31. The van der Waals surface area contributed by atoms with Gasteiger partial charge in [0, 0.05) is 0 Å². The number of carbonyl (C=O) groups is 1. The fourth-order valence-electron chi connectivity index (χ4n) is 2.55. The number of para-hydroxylation sites is 1. The number of hydrogen-bond acceptors (Lipinski definition) is 2. The van der Waals surface area contributed by atoms with Crippen molar-refractivity contribution in [3.8, 4) is 5.75 Å². The summed E-state index contributed by atoms with van der Waals surface area (Å²) in [6.07, 6.45) is 8.79. The van der Waals surface area contributed by atoms with Gasteiger partial charge in [-0.05, 0) is 30.4 Å². The van der Waals surface area contributed by atoms with E-state index in [0.717, 1.165) is 12.2 Å². The first-order valence-corrected chi connectivity index (χ1v) is 7.52. The maximum Gasteiger partial charge on any atom is 0.298 e. The van der Waals surface area contributed by atoms with Gasteiger partial charge in [0.15, 0.2) is 0 Å². The Morgan fingerprint density at radius 2 is 1.84 bits per heavy atom. The van der Waals surface area contributed by atoms with E-state index in [1.54, 1.807) is 0 Å². The van der Waals surface area contributed by atoms with Crippen LogP contribution in [0.25, 0.3) is 0 Å². The first kappa shape index (κ1) is 15.7. The van der Waals surface area contributed by atoms with Gasteiger partial charge < -0.3 is 4.74 Å². The lowest BCUT2D eigenvalue weighted by molar-refractivity contribution is -0.120. The third-order valence-corrected chi connectivity index (χ3v) is 3.68. The molecule has 0 radical (unpaired) electrons. The van der Waals surface area contributed by atoms with Crippen LogP contribution in [0.2, 0.25) is 0 Å². The quantitative estimate of drug-likeness (QED) is 0.434. The van der Waals surface area contributed by atoms with Crippen molar-refractivity contribution in [2.75, 3.05) is 0 Å². The molecule has 106 valence electrons. The molecule has 1 rings (SSSR count). The molecule has 1 unspecified atom stereocenters. The topological polar surface area (TPSA) is 26.3 Å². The minimum Gasteiger partial charge on any atom is -0.428 e. The van der Waals surface area contributed by atoms with E-state index in [1.807, 2.05) is 18.2 Å². The monoisotopic (exact) mass is 262 g/mol. The van der Waals surface area contributed by atoms with Gasteiger partial charge in [-0.1, -0.05) is 64.2 Å². The van der Waals surface area contributed by atoms with Crippen LogP contribution >= 0.6 is 0 Å². The van der Waals surface area contributed by atoms with Gasteiger partial charge in [-0.25, -0.2) is 0 Å². The summed E-state index contributed by atoms with van der Waals surface area (Å²) >= 11 is 0. The van der Waals surface area contributed by atoms with E-state index < -0.39 is 0 Å². The summed E-state index contributed by atoms with van der Waals surface area (Å²) in [6.45, 7) is 4.96. The maximum absolute atomic E-state index is 10.5. The SMILES string of the molecule is CCCCCCCC(CC)c1ccccc1OC=O. The van der Waals surface area contributed by atoms with E-state index in [0.29, 0.717) is 12.4 Å². The highest BCUT2D eigenvalue weighted by Gasteiger charge is 2.13. The average Bonchev–Trinajstić information content (AvgIpc) is 2.44. The van der Waals surface area contributed by atoms with Crippen LogP contribution in [0.15, 0.2) is 24.3 Å². The van der Waals surface area contributed by atoms with Crippen LogP contribution in [0.5, 0.6) is 5.75 Å². The van der Waals surface area contributed by atoms with Crippen molar-refractivity contribution >= 4 is 6.47 Å². The van der Waals surface area contributed by atoms with Crippen molar-refractivity contribution in [2.24, 2.45) is 0 Å². The van der Waals surface area contributed by atoms with Crippen molar-refractivity contribution in [2.45, 2.75) is 64.7 Å². The highest BCUT2D eigenvalue weighted by Crippen LogP contribution is 2.32. The summed E-state index contributed by atoms with van der Waals surface area (Å²) in [6, 6.07) is 7.89. The second-order valence-corrected chi connectivity index (χ2v) is 5.06. The van der Waals surface area contributed by atoms with Gasteiger partial charge in [-0.15, -0.1) is 0 Å². The van der Waals surface area contributed by atoms with Gasteiger partial charge in [0.1, 0.15) is 5.75 Å². The number of hydrogen-bond donors (Lipinski definition) is 0. The molecule has 2 heteroatoms. The van der Waals surface area contributed by atoms with Crippen LogP contribution in [0.1, 0.15) is 70.3 Å². The summed E-state index contributed by atoms with van der Waals surface area (Å²) in [5.74, 6) is 1.22. The third kappa shape index (κ3) is 5.46. The Morgan fingerprint density at radius 3 is 2.53 bits per heavy atom. The molecule has 1 aromatic carbocycles. The molecule has 1 aromatic rings. The molecule has 0 N–H and O–H groups in total. The molecule has 0 spiro atoms. The van der Waals surface area contributed by atoms with E-state index in [-0.39, 0.29) is 0 Å². The van der Waals surface area contributed by atoms with Crippen LogP contribution in [-0.4, -0.2) is 6.47 Å². The minimum atomic E-state index is 0.498. The lowest BCUT2D eigenvalue weighted by Gasteiger charge is -2.17. The summed E-state index contributed by atoms with van der Waals surface area (Å²) < 4.78 is 5.08. The Kier molecular flexibility index (Phi) is 7.95. The van der Waals surface area contributed by atoms with Crippen molar-refractivity contribution in [1.82, 2.24) is 0 Å². The van der Waals surface area contributed by atoms with Gasteiger partial charge in [-0.3, -0.25) is 4.79 Å². The van der Waals surface area contributed by atoms with E-state index in [4.69, 9.17) is 4.74 Å². The number of unbranched alkanes of at least 4 members (excludes halogenated alkanes) is 4. The third-order valence-electron chi connectivity index (χ3n) is 3.68. The zero-order valence-corrected chi connectivity index (χ0v) is 12.2. The van der Waals surface area contributed by atoms with Gasteiger partial charge in [0.05, 0.1) is 0 Å². The number of ether oxygens (including phenoxy) is 1. The van der Waals surface area contributed by atoms with Gasteiger partial charge >= 0.3 is 0 Å². The largest absolute Gasteiger partial charge is 0.428 e. The van der Waals surface area contributed by atoms with Crippen LogP contribution in [0.3, 0.4) is 0 Å². The lowest BCUT2D eigenvalue weighted by Crippen LogP contribution is -2.02. The molecule has 1 atom stereocenters. The zero-order valence-electron chi connectivity index (χ0n) is 12.2. The summed E-state index contributed by atoms with van der Waals surface area (Å²) in [4.78, 5) is 10.5. The van der Waals surface area contributed by atoms with Crippen LogP contribution in [0, 0.1) is 0 Å². The summed E-state index contributed by atoms with van der Waals surface area (Å²) in [5, 5.41) is 0.